The van der Waals surface area contributed by atoms with Crippen LogP contribution in [0, 0.1) is 0 Å². The molecule has 0 unspecified atom stereocenters. The first kappa shape index (κ1) is 14.1. The van der Waals surface area contributed by atoms with Crippen molar-refractivity contribution in [3.05, 3.63) is 5.56 Å². The quantitative estimate of drug-likeness (QED) is 0.832. The molecule has 106 valence electrons. The smallest absolute Gasteiger partial charge is 0.255 e. The number of nitrogens with two attached hydrogens (primary N) is 2. The van der Waals surface area contributed by atoms with E-state index in [0.29, 0.717) is 5.56 Å². The zero-order valence-electron chi connectivity index (χ0n) is 11.6. The Kier molecular flexibility index (Phi) is 3.69. The fourth-order valence-corrected chi connectivity index (χ4v) is 3.41. The highest BCUT2D eigenvalue weighted by Crippen LogP contribution is 2.39. The Morgan fingerprint density at radius 3 is 2.47 bits per heavy atom. The molecular formula is C12H21N5OS. The van der Waals surface area contributed by atoms with Crippen LogP contribution in [0.1, 0.15) is 29.6 Å². The van der Waals surface area contributed by atoms with Crippen molar-refractivity contribution in [1.82, 2.24) is 9.27 Å². The first-order valence-electron chi connectivity index (χ1n) is 6.31. The third-order valence-corrected chi connectivity index (χ3v) is 5.03. The number of hydrogen-bond donors (Lipinski definition) is 2. The van der Waals surface area contributed by atoms with Crippen molar-refractivity contribution in [2.24, 2.45) is 5.73 Å². The third-order valence-electron chi connectivity index (χ3n) is 4.06. The van der Waals surface area contributed by atoms with Gasteiger partial charge in [-0.1, -0.05) is 0 Å². The number of hydrogen-bond acceptors (Lipinski definition) is 6. The minimum absolute atomic E-state index is 0.183. The molecule has 0 spiro atoms. The predicted octanol–water partition coefficient (Wildman–Crippen LogP) is 0.745. The van der Waals surface area contributed by atoms with E-state index in [0.717, 1.165) is 11.5 Å². The second kappa shape index (κ2) is 4.97. The highest BCUT2D eigenvalue weighted by Gasteiger charge is 2.40. The highest BCUT2D eigenvalue weighted by atomic mass is 32.1. The molecule has 0 aromatic carbocycles. The molecule has 2 rings (SSSR count). The molecule has 0 saturated heterocycles. The van der Waals surface area contributed by atoms with E-state index in [1.165, 1.54) is 30.8 Å². The van der Waals surface area contributed by atoms with Gasteiger partial charge in [-0.05, 0) is 44.9 Å². The van der Waals surface area contributed by atoms with Crippen LogP contribution in [-0.4, -0.2) is 48.4 Å². The van der Waals surface area contributed by atoms with Crippen molar-refractivity contribution in [3.63, 3.8) is 0 Å². The maximum Gasteiger partial charge on any atom is 0.255 e. The zero-order chi connectivity index (χ0) is 14.2. The summed E-state index contributed by atoms with van der Waals surface area (Å²) in [5.74, 6) is -0.285. The van der Waals surface area contributed by atoms with Crippen LogP contribution >= 0.6 is 11.5 Å². The van der Waals surface area contributed by atoms with Gasteiger partial charge in [0.2, 0.25) is 0 Å². The van der Waals surface area contributed by atoms with Gasteiger partial charge in [-0.3, -0.25) is 4.79 Å². The molecule has 0 bridgehead atoms. The summed E-state index contributed by atoms with van der Waals surface area (Å²) < 4.78 is 4.04. The number of aromatic nitrogens is 1. The molecular weight excluding hydrogens is 262 g/mol. The van der Waals surface area contributed by atoms with Gasteiger partial charge in [0.25, 0.3) is 5.91 Å². The number of nitrogens with zero attached hydrogens (tertiary/aromatic N) is 3. The van der Waals surface area contributed by atoms with Crippen LogP contribution < -0.4 is 16.4 Å². The third kappa shape index (κ3) is 2.40. The molecule has 4 N–H and O–H groups in total. The van der Waals surface area contributed by atoms with E-state index in [2.05, 4.69) is 23.4 Å². The lowest BCUT2D eigenvalue weighted by Crippen LogP contribution is -2.56. The van der Waals surface area contributed by atoms with E-state index < -0.39 is 5.91 Å². The zero-order valence-corrected chi connectivity index (χ0v) is 12.5. The Bertz CT molecular complexity index is 480. The molecule has 1 aromatic heterocycles. The SMILES string of the molecule is CN(CC1(N(C)C)CCC1)c1snc(N)c1C(N)=O. The summed E-state index contributed by atoms with van der Waals surface area (Å²) in [7, 11) is 6.16. The van der Waals surface area contributed by atoms with E-state index in [1.54, 1.807) is 0 Å². The number of amides is 1. The van der Waals surface area contributed by atoms with Crippen LogP contribution in [0.3, 0.4) is 0 Å². The topological polar surface area (TPSA) is 88.5 Å². The molecule has 1 aromatic rings. The van der Waals surface area contributed by atoms with Crippen molar-refractivity contribution >= 4 is 28.3 Å². The molecule has 19 heavy (non-hydrogen) atoms. The van der Waals surface area contributed by atoms with Gasteiger partial charge in [0.1, 0.15) is 10.6 Å². The summed E-state index contributed by atoms with van der Waals surface area (Å²) >= 11 is 1.23. The van der Waals surface area contributed by atoms with Crippen molar-refractivity contribution in [2.75, 3.05) is 38.3 Å². The Morgan fingerprint density at radius 1 is 1.42 bits per heavy atom. The van der Waals surface area contributed by atoms with E-state index in [1.807, 2.05) is 11.9 Å². The molecule has 0 radical (unpaired) electrons. The highest BCUT2D eigenvalue weighted by molar-refractivity contribution is 7.11. The van der Waals surface area contributed by atoms with Gasteiger partial charge >= 0.3 is 0 Å². The lowest BCUT2D eigenvalue weighted by molar-refractivity contribution is 0.0684. The molecule has 1 aliphatic rings. The summed E-state index contributed by atoms with van der Waals surface area (Å²) in [5, 5.41) is 0.762. The summed E-state index contributed by atoms with van der Waals surface area (Å²) in [6.07, 6.45) is 3.59. The Hall–Kier alpha value is -1.34. The minimum atomic E-state index is -0.513. The van der Waals surface area contributed by atoms with Gasteiger partial charge < -0.3 is 21.3 Å². The average Bonchev–Trinajstić information content (AvgIpc) is 2.64. The number of primary amides is 1. The van der Waals surface area contributed by atoms with Crippen LogP contribution in [0.4, 0.5) is 10.8 Å². The first-order chi connectivity index (χ1) is 8.87. The van der Waals surface area contributed by atoms with Gasteiger partial charge in [-0.2, -0.15) is 4.37 Å². The summed E-state index contributed by atoms with van der Waals surface area (Å²) in [6, 6.07) is 0. The number of nitrogen functional groups attached to an aromatic ring is 1. The summed E-state index contributed by atoms with van der Waals surface area (Å²) in [5.41, 5.74) is 11.6. The van der Waals surface area contributed by atoms with Gasteiger partial charge in [0.05, 0.1) is 0 Å². The fraction of sp³-hybridized carbons (Fsp3) is 0.667. The fourth-order valence-electron chi connectivity index (χ4n) is 2.63. The number of anilines is 2. The Balaban J connectivity index is 2.21. The predicted molar refractivity (Wildman–Crippen MR) is 78.6 cm³/mol. The monoisotopic (exact) mass is 283 g/mol. The van der Waals surface area contributed by atoms with Crippen LogP contribution in [0.2, 0.25) is 0 Å². The number of likely N-dealkylation sites (N-methyl/N-ethyl adjacent to an activating group) is 2. The maximum absolute atomic E-state index is 11.5. The van der Waals surface area contributed by atoms with E-state index in [9.17, 15) is 4.79 Å². The minimum Gasteiger partial charge on any atom is -0.382 e. The summed E-state index contributed by atoms with van der Waals surface area (Å²) in [6.45, 7) is 0.849. The average molecular weight is 283 g/mol. The normalized spacial score (nSPS) is 17.3. The first-order valence-corrected chi connectivity index (χ1v) is 7.08. The Labute approximate surface area is 117 Å². The van der Waals surface area contributed by atoms with Crippen LogP contribution in [0.15, 0.2) is 0 Å². The van der Waals surface area contributed by atoms with Crippen LogP contribution in [-0.2, 0) is 0 Å². The number of carbonyl (C=O) groups is 1. The van der Waals surface area contributed by atoms with Crippen molar-refractivity contribution < 1.29 is 4.79 Å². The largest absolute Gasteiger partial charge is 0.382 e. The van der Waals surface area contributed by atoms with E-state index in [-0.39, 0.29) is 11.4 Å². The van der Waals surface area contributed by atoms with E-state index >= 15 is 0 Å². The lowest BCUT2D eigenvalue weighted by atomic mass is 9.75. The Morgan fingerprint density at radius 2 is 2.05 bits per heavy atom. The molecule has 1 saturated carbocycles. The molecule has 6 nitrogen and oxygen atoms in total. The molecule has 1 fully saturated rings. The van der Waals surface area contributed by atoms with Gasteiger partial charge in [-0.15, -0.1) is 0 Å². The molecule has 1 amide bonds. The van der Waals surface area contributed by atoms with Crippen molar-refractivity contribution in [2.45, 2.75) is 24.8 Å². The van der Waals surface area contributed by atoms with Crippen molar-refractivity contribution in [1.29, 1.82) is 0 Å². The molecule has 0 atom stereocenters. The lowest BCUT2D eigenvalue weighted by Gasteiger charge is -2.49. The molecule has 0 aliphatic heterocycles. The van der Waals surface area contributed by atoms with Crippen LogP contribution in [0.25, 0.3) is 0 Å². The molecule has 1 aliphatic carbocycles. The second-order valence-electron chi connectivity index (χ2n) is 5.44. The van der Waals surface area contributed by atoms with Crippen molar-refractivity contribution in [3.8, 4) is 0 Å². The molecule has 1 heterocycles. The maximum atomic E-state index is 11.5. The number of rotatable bonds is 5. The second-order valence-corrected chi connectivity index (χ2v) is 6.19. The molecule has 7 heteroatoms. The number of carbonyl (C=O) groups excluding carboxylic acids is 1. The van der Waals surface area contributed by atoms with Gasteiger partial charge in [0, 0.05) is 19.1 Å². The van der Waals surface area contributed by atoms with E-state index in [4.69, 9.17) is 11.5 Å². The standard InChI is InChI=1S/C12H21N5OS/c1-16(2)12(5-4-6-12)7-17(3)11-8(10(14)18)9(13)15-19-11/h4-7H2,1-3H3,(H2,13,15)(H2,14,18). The van der Waals surface area contributed by atoms with Gasteiger partial charge in [-0.25, -0.2) is 0 Å². The summed E-state index contributed by atoms with van der Waals surface area (Å²) in [4.78, 5) is 15.8. The van der Waals surface area contributed by atoms with Crippen LogP contribution in [0.5, 0.6) is 0 Å². The van der Waals surface area contributed by atoms with Gasteiger partial charge in [0.15, 0.2) is 5.82 Å².